The van der Waals surface area contributed by atoms with Crippen LogP contribution in [0.5, 0.6) is 5.75 Å². The summed E-state index contributed by atoms with van der Waals surface area (Å²) in [5.41, 5.74) is 1.43. The molecule has 4 atom stereocenters. The third-order valence-electron chi connectivity index (χ3n) is 6.14. The second kappa shape index (κ2) is 9.36. The summed E-state index contributed by atoms with van der Waals surface area (Å²) in [7, 11) is 0. The number of anilines is 1. The van der Waals surface area contributed by atoms with Crippen LogP contribution in [0.2, 0.25) is 0 Å². The Hall–Kier alpha value is -3.35. The lowest BCUT2D eigenvalue weighted by Crippen LogP contribution is -2.47. The lowest BCUT2D eigenvalue weighted by atomic mass is 9.76. The van der Waals surface area contributed by atoms with Gasteiger partial charge in [0.05, 0.1) is 0 Å². The fraction of sp³-hybridized carbons (Fsp3) is 0.409. The van der Waals surface area contributed by atoms with Crippen molar-refractivity contribution in [3.05, 3.63) is 53.1 Å². The number of carbonyl (C=O) groups is 2. The molecule has 35 heavy (non-hydrogen) atoms. The summed E-state index contributed by atoms with van der Waals surface area (Å²) in [6.07, 6.45) is -5.66. The molecule has 7 nitrogen and oxygen atoms in total. The van der Waals surface area contributed by atoms with E-state index in [0.717, 1.165) is 45.2 Å². The van der Waals surface area contributed by atoms with Crippen molar-refractivity contribution < 1.29 is 45.4 Å². The van der Waals surface area contributed by atoms with Crippen molar-refractivity contribution in [2.75, 3.05) is 5.32 Å². The van der Waals surface area contributed by atoms with Gasteiger partial charge in [-0.1, -0.05) is 13.0 Å². The first-order chi connectivity index (χ1) is 16.2. The average Bonchev–Trinajstić information content (AvgIpc) is 3.04. The summed E-state index contributed by atoms with van der Waals surface area (Å²) in [5.74, 6) is -6.53. The van der Waals surface area contributed by atoms with Crippen LogP contribution in [0.25, 0.3) is 0 Å². The predicted molar refractivity (Wildman–Crippen MR) is 110 cm³/mol. The highest BCUT2D eigenvalue weighted by Crippen LogP contribution is 2.55. The van der Waals surface area contributed by atoms with E-state index in [1.807, 2.05) is 0 Å². The van der Waals surface area contributed by atoms with Crippen molar-refractivity contribution in [3.8, 4) is 5.75 Å². The van der Waals surface area contributed by atoms with Crippen LogP contribution in [-0.4, -0.2) is 41.3 Å². The number of benzene rings is 1. The molecule has 3 N–H and O–H groups in total. The van der Waals surface area contributed by atoms with Crippen LogP contribution in [-0.2, 0) is 9.53 Å². The normalized spacial score (nSPS) is 24.5. The fourth-order valence-electron chi connectivity index (χ4n) is 4.08. The number of rotatable bonds is 6. The Kier molecular flexibility index (Phi) is 7.02. The zero-order valence-corrected chi connectivity index (χ0v) is 18.6. The molecule has 0 bridgehead atoms. The second-order valence-corrected chi connectivity index (χ2v) is 8.21. The standard InChI is InChI=1S/C22H21F6N3O4/c1-9-13(23)5-4-12(16(9)34-20(24)25)15-10(2)21(3,22(26,27)28)35-17(15)19(33)31-11-6-7-30-14(8-11)18(29)32/h4-8,10,15,17,20H,1-3H3,(H2,29,32)(H,30,31,33)/t10-,15-,17-,21+/m1/s1. The third-order valence-corrected chi connectivity index (χ3v) is 6.14. The summed E-state index contributed by atoms with van der Waals surface area (Å²) in [5, 5.41) is 2.33. The van der Waals surface area contributed by atoms with Gasteiger partial charge in [-0.05, 0) is 32.0 Å². The maximum Gasteiger partial charge on any atom is 0.417 e. The first-order valence-corrected chi connectivity index (χ1v) is 10.2. The lowest BCUT2D eigenvalue weighted by Gasteiger charge is -2.32. The van der Waals surface area contributed by atoms with Crippen molar-refractivity contribution in [2.45, 2.75) is 51.2 Å². The molecular weight excluding hydrogens is 484 g/mol. The summed E-state index contributed by atoms with van der Waals surface area (Å²) >= 11 is 0. The van der Waals surface area contributed by atoms with E-state index in [1.54, 1.807) is 0 Å². The third kappa shape index (κ3) is 4.90. The Balaban J connectivity index is 2.10. The van der Waals surface area contributed by atoms with Gasteiger partial charge in [0.25, 0.3) is 11.8 Å². The van der Waals surface area contributed by atoms with E-state index in [2.05, 4.69) is 15.0 Å². The zero-order valence-electron chi connectivity index (χ0n) is 18.6. The van der Waals surface area contributed by atoms with Crippen LogP contribution in [0, 0.1) is 18.7 Å². The number of nitrogens with zero attached hydrogens (tertiary/aromatic N) is 1. The molecule has 0 spiro atoms. The number of amides is 2. The summed E-state index contributed by atoms with van der Waals surface area (Å²) in [6, 6.07) is 4.23. The highest BCUT2D eigenvalue weighted by molar-refractivity contribution is 5.97. The number of pyridine rings is 1. The number of carbonyl (C=O) groups excluding carboxylic acids is 2. The van der Waals surface area contributed by atoms with Gasteiger partial charge in [-0.15, -0.1) is 0 Å². The van der Waals surface area contributed by atoms with Gasteiger partial charge in [0, 0.05) is 34.8 Å². The molecule has 3 rings (SSSR count). The smallest absolute Gasteiger partial charge is 0.417 e. The Bertz CT molecular complexity index is 1140. The van der Waals surface area contributed by atoms with Crippen LogP contribution >= 0.6 is 0 Å². The first kappa shape index (κ1) is 26.3. The van der Waals surface area contributed by atoms with Gasteiger partial charge in [0.2, 0.25) is 0 Å². The molecule has 0 aliphatic carbocycles. The largest absolute Gasteiger partial charge is 0.434 e. The minimum atomic E-state index is -4.95. The summed E-state index contributed by atoms with van der Waals surface area (Å²) in [4.78, 5) is 28.2. The van der Waals surface area contributed by atoms with Crippen LogP contribution in [0.1, 0.15) is 41.4 Å². The number of halogens is 6. The Morgan fingerprint density at radius 3 is 2.49 bits per heavy atom. The van der Waals surface area contributed by atoms with Crippen LogP contribution < -0.4 is 15.8 Å². The topological polar surface area (TPSA) is 104 Å². The van der Waals surface area contributed by atoms with E-state index in [1.165, 1.54) is 6.07 Å². The molecular formula is C22H21F6N3O4. The number of aromatic nitrogens is 1. The molecule has 1 saturated heterocycles. The Morgan fingerprint density at radius 1 is 1.26 bits per heavy atom. The number of nitrogens with two attached hydrogens (primary N) is 1. The Labute approximate surface area is 195 Å². The minimum Gasteiger partial charge on any atom is -0.434 e. The summed E-state index contributed by atoms with van der Waals surface area (Å²) in [6.45, 7) is -0.401. The molecule has 1 aliphatic rings. The van der Waals surface area contributed by atoms with Crippen molar-refractivity contribution >= 4 is 17.5 Å². The van der Waals surface area contributed by atoms with Crippen LogP contribution in [0.15, 0.2) is 30.5 Å². The van der Waals surface area contributed by atoms with E-state index >= 15 is 0 Å². The number of hydrogen-bond acceptors (Lipinski definition) is 5. The van der Waals surface area contributed by atoms with Gasteiger partial charge in [-0.3, -0.25) is 14.6 Å². The molecule has 1 fully saturated rings. The van der Waals surface area contributed by atoms with Crippen molar-refractivity contribution in [3.63, 3.8) is 0 Å². The van der Waals surface area contributed by atoms with E-state index in [4.69, 9.17) is 10.5 Å². The highest BCUT2D eigenvalue weighted by Gasteiger charge is 2.65. The maximum absolute atomic E-state index is 14.1. The molecule has 0 saturated carbocycles. The van der Waals surface area contributed by atoms with E-state index in [0.29, 0.717) is 0 Å². The zero-order chi connectivity index (χ0) is 26.3. The second-order valence-electron chi connectivity index (χ2n) is 8.21. The maximum atomic E-state index is 14.1. The predicted octanol–water partition coefficient (Wildman–Crippen LogP) is 4.31. The molecule has 2 amide bonds. The molecule has 1 aromatic heterocycles. The van der Waals surface area contributed by atoms with Gasteiger partial charge in [-0.2, -0.15) is 22.0 Å². The molecule has 13 heteroatoms. The minimum absolute atomic E-state index is 0.0197. The SMILES string of the molecule is Cc1c(F)ccc([C@H]2[C@@H](C)[C@@](C)(C(F)(F)F)O[C@H]2C(=O)Nc2ccnc(C(N)=O)c2)c1OC(F)F. The lowest BCUT2D eigenvalue weighted by molar-refractivity contribution is -0.272. The Morgan fingerprint density at radius 2 is 1.91 bits per heavy atom. The van der Waals surface area contributed by atoms with Crippen LogP contribution in [0.4, 0.5) is 32.0 Å². The molecule has 2 aromatic rings. The fourth-order valence-corrected chi connectivity index (χ4v) is 4.08. The number of ether oxygens (including phenoxy) is 2. The molecule has 0 unspecified atom stereocenters. The van der Waals surface area contributed by atoms with Gasteiger partial charge in [-0.25, -0.2) is 4.39 Å². The number of hydrogen-bond donors (Lipinski definition) is 2. The van der Waals surface area contributed by atoms with Crippen molar-refractivity contribution in [2.24, 2.45) is 11.7 Å². The van der Waals surface area contributed by atoms with E-state index < -0.39 is 59.7 Å². The summed E-state index contributed by atoms with van der Waals surface area (Å²) < 4.78 is 92.1. The number of nitrogens with one attached hydrogen (secondary N) is 1. The average molecular weight is 505 g/mol. The molecule has 190 valence electrons. The van der Waals surface area contributed by atoms with Crippen LogP contribution in [0.3, 0.4) is 0 Å². The number of alkyl halides is 5. The highest BCUT2D eigenvalue weighted by atomic mass is 19.4. The molecule has 1 aromatic carbocycles. The van der Waals surface area contributed by atoms with Crippen molar-refractivity contribution in [1.29, 1.82) is 0 Å². The van der Waals surface area contributed by atoms with Crippen molar-refractivity contribution in [1.82, 2.24) is 4.98 Å². The first-order valence-electron chi connectivity index (χ1n) is 10.2. The van der Waals surface area contributed by atoms with Gasteiger partial charge in [0.1, 0.15) is 23.4 Å². The van der Waals surface area contributed by atoms with Gasteiger partial charge < -0.3 is 20.5 Å². The number of primary amides is 1. The van der Waals surface area contributed by atoms with E-state index in [9.17, 15) is 35.9 Å². The molecule has 1 aliphatic heterocycles. The molecule has 2 heterocycles. The molecule has 0 radical (unpaired) electrons. The van der Waals surface area contributed by atoms with Gasteiger partial charge in [0.15, 0.2) is 5.60 Å². The monoisotopic (exact) mass is 505 g/mol. The van der Waals surface area contributed by atoms with E-state index in [-0.39, 0.29) is 22.5 Å². The van der Waals surface area contributed by atoms with Gasteiger partial charge >= 0.3 is 12.8 Å². The quantitative estimate of drug-likeness (QED) is 0.570.